The summed E-state index contributed by atoms with van der Waals surface area (Å²) < 4.78 is 10.8. The van der Waals surface area contributed by atoms with Crippen LogP contribution in [0.4, 0.5) is 22.2 Å². The number of halogens is 1. The number of hydrogen-bond donors (Lipinski definition) is 1. The van der Waals surface area contributed by atoms with E-state index in [4.69, 9.17) is 26.1 Å². The highest BCUT2D eigenvalue weighted by molar-refractivity contribution is 6.32. The number of rotatable bonds is 8. The van der Waals surface area contributed by atoms with Gasteiger partial charge in [0.25, 0.3) is 0 Å². The molecule has 1 aliphatic carbocycles. The van der Waals surface area contributed by atoms with Gasteiger partial charge in [0.2, 0.25) is 12.4 Å². The van der Waals surface area contributed by atoms with Crippen LogP contribution in [-0.2, 0) is 16.1 Å². The van der Waals surface area contributed by atoms with E-state index in [1.807, 2.05) is 39.0 Å². The van der Waals surface area contributed by atoms with Gasteiger partial charge in [-0.2, -0.15) is 4.98 Å². The molecule has 5 rings (SSSR count). The molecule has 1 saturated carbocycles. The number of aromatic nitrogens is 2. The fourth-order valence-electron chi connectivity index (χ4n) is 5.40. The Bertz CT molecular complexity index is 1200. The lowest BCUT2D eigenvalue weighted by molar-refractivity contribution is -0.108. The number of carbonyl (C=O) groups is 2. The smallest absolute Gasteiger partial charge is 0.410 e. The molecule has 0 radical (unpaired) electrons. The van der Waals surface area contributed by atoms with Crippen molar-refractivity contribution in [3.8, 4) is 5.75 Å². The third-order valence-electron chi connectivity index (χ3n) is 7.60. The van der Waals surface area contributed by atoms with Crippen LogP contribution in [0.25, 0.3) is 0 Å². The maximum absolute atomic E-state index is 12.5. The first kappa shape index (κ1) is 27.3. The number of methoxy groups -OCH3 is 1. The molecule has 1 aromatic heterocycles. The molecule has 2 unspecified atom stereocenters. The maximum atomic E-state index is 12.5. The Balaban J connectivity index is 1.33. The third kappa shape index (κ3) is 6.32. The minimum Gasteiger partial charge on any atom is -0.495 e. The molecular weight excluding hydrogens is 520 g/mol. The Morgan fingerprint density at radius 1 is 1.23 bits per heavy atom. The zero-order valence-electron chi connectivity index (χ0n) is 23.0. The van der Waals surface area contributed by atoms with Gasteiger partial charge >= 0.3 is 6.09 Å². The largest absolute Gasteiger partial charge is 0.495 e. The van der Waals surface area contributed by atoms with Crippen LogP contribution < -0.4 is 19.9 Å². The maximum Gasteiger partial charge on any atom is 0.410 e. The summed E-state index contributed by atoms with van der Waals surface area (Å²) in [4.78, 5) is 40.1. The molecule has 2 aromatic rings. The fraction of sp³-hybridized carbons (Fsp3) is 0.571. The third-order valence-corrected chi connectivity index (χ3v) is 7.89. The van der Waals surface area contributed by atoms with Gasteiger partial charge < -0.3 is 29.5 Å². The van der Waals surface area contributed by atoms with Gasteiger partial charge in [-0.25, -0.2) is 9.78 Å². The SMILES string of the molecule is COc1ccc(CNc2nc(N3CC4CC4C3)ncc2N(C=O)C2CCN(C(=O)OC(C)(C)C)CC2)cc1Cl. The van der Waals surface area contributed by atoms with Crippen molar-refractivity contribution in [2.24, 2.45) is 11.8 Å². The molecule has 210 valence electrons. The number of carbonyl (C=O) groups excluding carboxylic acids is 2. The number of nitrogens with one attached hydrogen (secondary N) is 1. The molecule has 0 spiro atoms. The van der Waals surface area contributed by atoms with Crippen LogP contribution in [0.5, 0.6) is 5.75 Å². The summed E-state index contributed by atoms with van der Waals surface area (Å²) in [5.74, 6) is 3.37. The molecule has 39 heavy (non-hydrogen) atoms. The molecule has 2 aliphatic heterocycles. The molecule has 3 aliphatic rings. The van der Waals surface area contributed by atoms with Gasteiger partial charge in [0.05, 0.1) is 18.3 Å². The van der Waals surface area contributed by atoms with E-state index >= 15 is 0 Å². The summed E-state index contributed by atoms with van der Waals surface area (Å²) in [7, 11) is 1.59. The summed E-state index contributed by atoms with van der Waals surface area (Å²) in [6, 6.07) is 5.54. The standard InChI is InChI=1S/C28H37ClN6O4/c1-28(2,3)39-27(37)33-9-7-21(8-10-33)35(17-36)23-14-31-26(34-15-19-12-20(19)16-34)32-25(23)30-13-18-5-6-24(38-4)22(29)11-18/h5-6,11,14,17,19-21H,7-10,12-13,15-16H2,1-4H3,(H,30,31,32). The summed E-state index contributed by atoms with van der Waals surface area (Å²) in [5.41, 5.74) is 1.03. The molecule has 10 nitrogen and oxygen atoms in total. The van der Waals surface area contributed by atoms with Crippen molar-refractivity contribution in [3.63, 3.8) is 0 Å². The van der Waals surface area contributed by atoms with Gasteiger partial charge in [-0.05, 0) is 69.6 Å². The van der Waals surface area contributed by atoms with Crippen LogP contribution in [0.2, 0.25) is 5.02 Å². The molecule has 11 heteroatoms. The summed E-state index contributed by atoms with van der Waals surface area (Å²) in [6.07, 6.45) is 4.80. The Morgan fingerprint density at radius 3 is 2.56 bits per heavy atom. The highest BCUT2D eigenvalue weighted by Gasteiger charge is 2.46. The Labute approximate surface area is 234 Å². The number of anilines is 3. The lowest BCUT2D eigenvalue weighted by atomic mass is 10.0. The second kappa shape index (κ2) is 11.1. The van der Waals surface area contributed by atoms with Crippen molar-refractivity contribution in [2.75, 3.05) is 48.4 Å². The van der Waals surface area contributed by atoms with Gasteiger partial charge in [-0.1, -0.05) is 17.7 Å². The van der Waals surface area contributed by atoms with Crippen molar-refractivity contribution in [2.45, 2.75) is 58.2 Å². The number of fused-ring (bicyclic) bond motifs is 1. The zero-order valence-corrected chi connectivity index (χ0v) is 23.8. The highest BCUT2D eigenvalue weighted by atomic mass is 35.5. The number of likely N-dealkylation sites (tertiary alicyclic amines) is 1. The van der Waals surface area contributed by atoms with Crippen molar-refractivity contribution in [3.05, 3.63) is 35.0 Å². The number of benzene rings is 1. The van der Waals surface area contributed by atoms with Crippen LogP contribution >= 0.6 is 11.6 Å². The second-order valence-corrected chi connectivity index (χ2v) is 12.0. The number of ether oxygens (including phenoxy) is 2. The van der Waals surface area contributed by atoms with E-state index in [0.717, 1.165) is 36.9 Å². The number of nitrogens with zero attached hydrogens (tertiary/aromatic N) is 5. The molecule has 1 N–H and O–H groups in total. The van der Waals surface area contributed by atoms with E-state index in [1.54, 1.807) is 23.1 Å². The van der Waals surface area contributed by atoms with Gasteiger partial charge in [-0.3, -0.25) is 4.79 Å². The number of piperidine rings is 2. The summed E-state index contributed by atoms with van der Waals surface area (Å²) in [6.45, 7) is 8.98. The molecule has 3 heterocycles. The predicted molar refractivity (Wildman–Crippen MR) is 151 cm³/mol. The zero-order chi connectivity index (χ0) is 27.7. The molecule has 2 atom stereocenters. The van der Waals surface area contributed by atoms with E-state index in [2.05, 4.69) is 15.2 Å². The van der Waals surface area contributed by atoms with Crippen LogP contribution in [0.15, 0.2) is 24.4 Å². The fourth-order valence-corrected chi connectivity index (χ4v) is 5.68. The van der Waals surface area contributed by atoms with Gasteiger partial charge in [0, 0.05) is 38.8 Å². The Hall–Kier alpha value is -3.27. The van der Waals surface area contributed by atoms with Crippen LogP contribution in [-0.4, -0.2) is 72.3 Å². The lowest BCUT2D eigenvalue weighted by Crippen LogP contribution is -2.48. The van der Waals surface area contributed by atoms with Crippen molar-refractivity contribution < 1.29 is 19.1 Å². The number of hydrogen-bond acceptors (Lipinski definition) is 8. The first-order valence-corrected chi connectivity index (χ1v) is 13.9. The van der Waals surface area contributed by atoms with E-state index < -0.39 is 5.60 Å². The molecule has 1 aromatic carbocycles. The topological polar surface area (TPSA) is 100 Å². The normalized spacial score (nSPS) is 20.8. The minimum absolute atomic E-state index is 0.0916. The van der Waals surface area contributed by atoms with Gasteiger partial charge in [-0.15, -0.1) is 0 Å². The van der Waals surface area contributed by atoms with Gasteiger partial charge in [0.1, 0.15) is 17.0 Å². The first-order chi connectivity index (χ1) is 18.6. The lowest BCUT2D eigenvalue weighted by Gasteiger charge is -2.37. The molecule has 0 bridgehead atoms. The van der Waals surface area contributed by atoms with Crippen LogP contribution in [0.3, 0.4) is 0 Å². The average molecular weight is 557 g/mol. The quantitative estimate of drug-likeness (QED) is 0.472. The Kier molecular flexibility index (Phi) is 7.75. The van der Waals surface area contributed by atoms with E-state index in [-0.39, 0.29) is 12.1 Å². The minimum atomic E-state index is -0.549. The first-order valence-electron chi connectivity index (χ1n) is 13.5. The van der Waals surface area contributed by atoms with E-state index in [0.29, 0.717) is 60.7 Å². The molecule has 2 saturated heterocycles. The Morgan fingerprint density at radius 2 is 1.95 bits per heavy atom. The van der Waals surface area contributed by atoms with Gasteiger partial charge in [0.15, 0.2) is 5.82 Å². The second-order valence-electron chi connectivity index (χ2n) is 11.6. The average Bonchev–Trinajstić information content (AvgIpc) is 3.52. The molecule has 2 amide bonds. The van der Waals surface area contributed by atoms with Crippen molar-refractivity contribution >= 4 is 41.6 Å². The molecule has 3 fully saturated rings. The van der Waals surface area contributed by atoms with Crippen molar-refractivity contribution in [1.82, 2.24) is 14.9 Å². The number of amides is 2. The molecular formula is C28H37ClN6O4. The summed E-state index contributed by atoms with van der Waals surface area (Å²) >= 11 is 6.34. The van der Waals surface area contributed by atoms with Crippen LogP contribution in [0, 0.1) is 11.8 Å². The monoisotopic (exact) mass is 556 g/mol. The van der Waals surface area contributed by atoms with Crippen LogP contribution in [0.1, 0.15) is 45.6 Å². The van der Waals surface area contributed by atoms with Crippen molar-refractivity contribution in [1.29, 1.82) is 0 Å². The van der Waals surface area contributed by atoms with E-state index in [9.17, 15) is 9.59 Å². The summed E-state index contributed by atoms with van der Waals surface area (Å²) in [5, 5.41) is 3.96. The van der Waals surface area contributed by atoms with E-state index in [1.165, 1.54) is 6.42 Å². The highest BCUT2D eigenvalue weighted by Crippen LogP contribution is 2.46. The predicted octanol–water partition coefficient (Wildman–Crippen LogP) is 4.57.